The topological polar surface area (TPSA) is 86.8 Å². The molecule has 1 aliphatic rings. The quantitative estimate of drug-likeness (QED) is 0.272. The molecule has 1 N–H and O–H groups in total. The second-order valence-corrected chi connectivity index (χ2v) is 13.4. The van der Waals surface area contributed by atoms with Crippen molar-refractivity contribution in [1.29, 1.82) is 0 Å². The number of nitrogens with zero attached hydrogens (tertiary/aromatic N) is 2. The van der Waals surface area contributed by atoms with E-state index >= 15 is 0 Å². The number of anilines is 1. The Balaban J connectivity index is 1.68. The number of halogens is 1. The van der Waals surface area contributed by atoms with Crippen molar-refractivity contribution in [2.24, 2.45) is 0 Å². The average molecular weight is 612 g/mol. The Morgan fingerprint density at radius 2 is 1.62 bits per heavy atom. The largest absolute Gasteiger partial charge is 0.352 e. The van der Waals surface area contributed by atoms with E-state index in [1.165, 1.54) is 34.9 Å². The highest BCUT2D eigenvalue weighted by molar-refractivity contribution is 7.98. The van der Waals surface area contributed by atoms with Crippen LogP contribution >= 0.6 is 11.8 Å². The maximum atomic E-state index is 14.7. The van der Waals surface area contributed by atoms with E-state index in [0.717, 1.165) is 46.9 Å². The van der Waals surface area contributed by atoms with Gasteiger partial charge >= 0.3 is 0 Å². The van der Waals surface area contributed by atoms with E-state index in [0.29, 0.717) is 5.69 Å². The number of rotatable bonds is 11. The highest BCUT2D eigenvalue weighted by atomic mass is 32.2. The Morgan fingerprint density at radius 1 is 0.976 bits per heavy atom. The third kappa shape index (κ3) is 7.72. The summed E-state index contributed by atoms with van der Waals surface area (Å²) in [6.07, 6.45) is 6.82. The van der Waals surface area contributed by atoms with Gasteiger partial charge in [0.05, 0.1) is 10.6 Å². The van der Waals surface area contributed by atoms with Crippen LogP contribution in [0.1, 0.15) is 50.2 Å². The molecule has 0 saturated heterocycles. The summed E-state index contributed by atoms with van der Waals surface area (Å²) < 4.78 is 43.7. The number of carbonyl (C=O) groups is 2. The zero-order valence-corrected chi connectivity index (χ0v) is 25.9. The van der Waals surface area contributed by atoms with Crippen molar-refractivity contribution in [3.05, 3.63) is 89.7 Å². The van der Waals surface area contributed by atoms with Gasteiger partial charge in [0.2, 0.25) is 11.8 Å². The predicted octanol–water partition coefficient (Wildman–Crippen LogP) is 5.92. The molecular formula is C32H38FN3O4S2. The number of amides is 2. The van der Waals surface area contributed by atoms with Crippen LogP contribution in [0, 0.1) is 12.7 Å². The monoisotopic (exact) mass is 611 g/mol. The minimum Gasteiger partial charge on any atom is -0.352 e. The summed E-state index contributed by atoms with van der Waals surface area (Å²) in [5, 5.41) is 3.05. The van der Waals surface area contributed by atoms with Gasteiger partial charge in [0.25, 0.3) is 10.0 Å². The fourth-order valence-electron chi connectivity index (χ4n) is 5.08. The summed E-state index contributed by atoms with van der Waals surface area (Å²) in [5.41, 5.74) is 1.48. The zero-order chi connectivity index (χ0) is 30.3. The molecule has 0 aromatic heterocycles. The van der Waals surface area contributed by atoms with Gasteiger partial charge in [-0.15, -0.1) is 11.8 Å². The van der Waals surface area contributed by atoms with Crippen LogP contribution in [0.25, 0.3) is 0 Å². The van der Waals surface area contributed by atoms with Gasteiger partial charge in [0.15, 0.2) is 0 Å². The first-order chi connectivity index (χ1) is 20.1. The average Bonchev–Trinajstić information content (AvgIpc) is 3.00. The molecule has 0 radical (unpaired) electrons. The summed E-state index contributed by atoms with van der Waals surface area (Å²) in [4.78, 5) is 29.6. The normalized spacial score (nSPS) is 14.7. The highest BCUT2D eigenvalue weighted by Gasteiger charge is 2.33. The van der Waals surface area contributed by atoms with Crippen LogP contribution in [0.4, 0.5) is 10.1 Å². The number of carbonyl (C=O) groups excluding carboxylic acids is 2. The van der Waals surface area contributed by atoms with E-state index in [4.69, 9.17) is 0 Å². The molecule has 1 atom stereocenters. The first-order valence-electron chi connectivity index (χ1n) is 14.2. The van der Waals surface area contributed by atoms with E-state index in [1.54, 1.807) is 61.5 Å². The van der Waals surface area contributed by atoms with Gasteiger partial charge in [-0.1, -0.05) is 55.2 Å². The first-order valence-corrected chi connectivity index (χ1v) is 16.8. The lowest BCUT2D eigenvalue weighted by atomic mass is 9.95. The molecule has 4 rings (SSSR count). The van der Waals surface area contributed by atoms with Crippen molar-refractivity contribution in [2.75, 3.05) is 17.1 Å². The van der Waals surface area contributed by atoms with Crippen molar-refractivity contribution in [2.45, 2.75) is 74.4 Å². The maximum absolute atomic E-state index is 14.7. The lowest BCUT2D eigenvalue weighted by molar-refractivity contribution is -0.139. The van der Waals surface area contributed by atoms with Crippen LogP contribution in [-0.2, 0) is 26.2 Å². The number of thioether (sulfide) groups is 1. The Labute approximate surface area is 252 Å². The maximum Gasteiger partial charge on any atom is 0.264 e. The molecule has 0 spiro atoms. The second kappa shape index (κ2) is 14.2. The van der Waals surface area contributed by atoms with E-state index < -0.39 is 34.3 Å². The van der Waals surface area contributed by atoms with Crippen molar-refractivity contribution in [1.82, 2.24) is 10.2 Å². The van der Waals surface area contributed by atoms with Crippen LogP contribution < -0.4 is 9.62 Å². The minimum absolute atomic E-state index is 0.0211. The number of benzene rings is 3. The van der Waals surface area contributed by atoms with Gasteiger partial charge < -0.3 is 10.2 Å². The lowest BCUT2D eigenvalue weighted by Crippen LogP contribution is -2.53. The smallest absolute Gasteiger partial charge is 0.264 e. The van der Waals surface area contributed by atoms with E-state index in [9.17, 15) is 22.4 Å². The summed E-state index contributed by atoms with van der Waals surface area (Å²) in [7, 11) is -4.17. The Hall–Kier alpha value is -3.37. The molecule has 0 heterocycles. The third-order valence-electron chi connectivity index (χ3n) is 7.67. The van der Waals surface area contributed by atoms with Gasteiger partial charge in [-0.25, -0.2) is 12.8 Å². The van der Waals surface area contributed by atoms with Crippen LogP contribution in [0.15, 0.2) is 82.6 Å². The van der Waals surface area contributed by atoms with Crippen LogP contribution in [0.2, 0.25) is 0 Å². The fourth-order valence-corrected chi connectivity index (χ4v) is 6.90. The summed E-state index contributed by atoms with van der Waals surface area (Å²) in [5.74, 6) is -1.47. The van der Waals surface area contributed by atoms with Crippen LogP contribution in [0.5, 0.6) is 0 Å². The Kier molecular flexibility index (Phi) is 10.7. The van der Waals surface area contributed by atoms with Crippen molar-refractivity contribution in [3.8, 4) is 0 Å². The molecule has 1 unspecified atom stereocenters. The summed E-state index contributed by atoms with van der Waals surface area (Å²) >= 11 is 1.49. The van der Waals surface area contributed by atoms with Crippen molar-refractivity contribution >= 4 is 39.3 Å². The number of hydrogen-bond acceptors (Lipinski definition) is 5. The van der Waals surface area contributed by atoms with Crippen molar-refractivity contribution < 1.29 is 22.4 Å². The minimum atomic E-state index is -4.17. The number of aryl methyl sites for hydroxylation is 1. The summed E-state index contributed by atoms with van der Waals surface area (Å²) in [6.45, 7) is 2.74. The molecule has 1 fully saturated rings. The van der Waals surface area contributed by atoms with E-state index in [-0.39, 0.29) is 29.0 Å². The van der Waals surface area contributed by atoms with Crippen LogP contribution in [0.3, 0.4) is 0 Å². The SMILES string of the molecule is CSc1ccc(S(=O)(=O)N(CC(=O)N(Cc2ccccc2F)C(C)C(=O)NC2CCCCC2)c2ccc(C)cc2)cc1. The molecule has 224 valence electrons. The molecule has 10 heteroatoms. The Morgan fingerprint density at radius 3 is 2.24 bits per heavy atom. The second-order valence-electron chi connectivity index (χ2n) is 10.7. The van der Waals surface area contributed by atoms with Gasteiger partial charge in [-0.05, 0) is 75.4 Å². The molecule has 1 saturated carbocycles. The molecular weight excluding hydrogens is 574 g/mol. The molecule has 0 bridgehead atoms. The fraction of sp³-hybridized carbons (Fsp3) is 0.375. The van der Waals surface area contributed by atoms with Gasteiger partial charge in [-0.2, -0.15) is 0 Å². The lowest BCUT2D eigenvalue weighted by Gasteiger charge is -2.33. The molecule has 1 aliphatic carbocycles. The third-order valence-corrected chi connectivity index (χ3v) is 10.2. The zero-order valence-electron chi connectivity index (χ0n) is 24.3. The van der Waals surface area contributed by atoms with Gasteiger partial charge in [0.1, 0.15) is 18.4 Å². The molecule has 3 aromatic carbocycles. The van der Waals surface area contributed by atoms with Crippen LogP contribution in [-0.4, -0.2) is 50.0 Å². The van der Waals surface area contributed by atoms with Gasteiger partial charge in [0, 0.05) is 23.0 Å². The molecule has 0 aliphatic heterocycles. The number of hydrogen-bond donors (Lipinski definition) is 1. The van der Waals surface area contributed by atoms with E-state index in [1.807, 2.05) is 13.2 Å². The predicted molar refractivity (Wildman–Crippen MR) is 165 cm³/mol. The summed E-state index contributed by atoms with van der Waals surface area (Å²) in [6, 6.07) is 18.5. The molecule has 7 nitrogen and oxygen atoms in total. The molecule has 3 aromatic rings. The molecule has 42 heavy (non-hydrogen) atoms. The highest BCUT2D eigenvalue weighted by Crippen LogP contribution is 2.27. The molecule has 2 amide bonds. The standard InChI is InChI=1S/C32H38FN3O4S2/c1-23-13-15-27(16-14-23)36(42(39,40)29-19-17-28(41-3)18-20-29)22-31(37)35(21-25-9-7-8-12-30(25)33)24(2)32(38)34-26-10-5-4-6-11-26/h7-9,12-20,24,26H,4-6,10-11,21-22H2,1-3H3,(H,34,38). The number of sulfonamides is 1. The van der Waals surface area contributed by atoms with Gasteiger partial charge in [-0.3, -0.25) is 13.9 Å². The van der Waals surface area contributed by atoms with Crippen molar-refractivity contribution in [3.63, 3.8) is 0 Å². The number of nitrogens with one attached hydrogen (secondary N) is 1. The Bertz CT molecular complexity index is 1470. The van der Waals surface area contributed by atoms with E-state index in [2.05, 4.69) is 5.32 Å². The first kappa shape index (κ1) is 31.6.